The van der Waals surface area contributed by atoms with Crippen molar-refractivity contribution in [3.8, 4) is 22.8 Å². The monoisotopic (exact) mass is 488 g/mol. The van der Waals surface area contributed by atoms with E-state index in [1.807, 2.05) is 6.92 Å². The van der Waals surface area contributed by atoms with Crippen LogP contribution in [0.1, 0.15) is 31.7 Å². The van der Waals surface area contributed by atoms with Crippen LogP contribution >= 0.6 is 0 Å². The predicted molar refractivity (Wildman–Crippen MR) is 127 cm³/mol. The molecule has 1 aromatic carbocycles. The minimum absolute atomic E-state index is 0.0350. The van der Waals surface area contributed by atoms with Crippen LogP contribution in [0.25, 0.3) is 11.1 Å². The van der Waals surface area contributed by atoms with Gasteiger partial charge in [0.15, 0.2) is 0 Å². The molecule has 4 rings (SSSR count). The van der Waals surface area contributed by atoms with Gasteiger partial charge in [-0.2, -0.15) is 4.98 Å². The number of fused-ring (bicyclic) bond motifs is 6. The Kier molecular flexibility index (Phi) is 6.97. The third kappa shape index (κ3) is 6.19. The highest BCUT2D eigenvalue weighted by Crippen LogP contribution is 2.34. The van der Waals surface area contributed by atoms with Crippen molar-refractivity contribution in [3.63, 3.8) is 0 Å². The van der Waals surface area contributed by atoms with E-state index in [-0.39, 0.29) is 23.2 Å². The zero-order chi connectivity index (χ0) is 24.3. The minimum Gasteiger partial charge on any atom is -0.493 e. The third-order valence-electron chi connectivity index (χ3n) is 5.23. The molecular formula is C24H26F2N4O3S. The molecule has 1 aliphatic heterocycles. The van der Waals surface area contributed by atoms with Crippen LogP contribution in [0, 0.1) is 16.4 Å². The van der Waals surface area contributed by atoms with Crippen LogP contribution < -0.4 is 14.8 Å². The summed E-state index contributed by atoms with van der Waals surface area (Å²) in [4.78, 5) is 8.58. The van der Waals surface area contributed by atoms with E-state index < -0.39 is 21.4 Å². The molecule has 0 spiro atoms. The molecule has 4 bridgehead atoms. The molecule has 2 N–H and O–H groups in total. The molecule has 2 atom stereocenters. The van der Waals surface area contributed by atoms with Gasteiger partial charge in [0.05, 0.1) is 24.7 Å². The summed E-state index contributed by atoms with van der Waals surface area (Å²) in [5.41, 5.74) is 1.24. The van der Waals surface area contributed by atoms with Gasteiger partial charge in [-0.1, -0.05) is 0 Å². The molecule has 0 amide bonds. The van der Waals surface area contributed by atoms with Gasteiger partial charge in [0.2, 0.25) is 5.88 Å². The lowest BCUT2D eigenvalue weighted by Gasteiger charge is -2.18. The fourth-order valence-corrected chi connectivity index (χ4v) is 4.55. The van der Waals surface area contributed by atoms with Gasteiger partial charge in [-0.05, 0) is 56.0 Å². The summed E-state index contributed by atoms with van der Waals surface area (Å²) in [5.74, 6) is 0.223. The summed E-state index contributed by atoms with van der Waals surface area (Å²) >= 11 is 0. The second kappa shape index (κ2) is 9.92. The Morgan fingerprint density at radius 2 is 1.97 bits per heavy atom. The van der Waals surface area contributed by atoms with Gasteiger partial charge >= 0.3 is 0 Å². The summed E-state index contributed by atoms with van der Waals surface area (Å²) in [5, 5.41) is 3.04. The van der Waals surface area contributed by atoms with E-state index in [4.69, 9.17) is 14.3 Å². The first-order chi connectivity index (χ1) is 16.2. The summed E-state index contributed by atoms with van der Waals surface area (Å²) in [6.45, 7) is 2.27. The number of rotatable bonds is 2. The number of hydrogen-bond donors (Lipinski definition) is 2. The summed E-state index contributed by atoms with van der Waals surface area (Å²) in [6, 6.07) is 8.82. The van der Waals surface area contributed by atoms with Gasteiger partial charge in [0.25, 0.3) is 0 Å². The Hall–Kier alpha value is -3.27. The highest BCUT2D eigenvalue weighted by Gasteiger charge is 2.16. The molecule has 3 aromatic rings. The second-order valence-corrected chi connectivity index (χ2v) is 10.7. The van der Waals surface area contributed by atoms with Crippen molar-refractivity contribution >= 4 is 21.4 Å². The van der Waals surface area contributed by atoms with Crippen LogP contribution in [0.2, 0.25) is 0 Å². The van der Waals surface area contributed by atoms with Gasteiger partial charge in [-0.3, -0.25) is 4.78 Å². The van der Waals surface area contributed by atoms with Crippen LogP contribution in [0.5, 0.6) is 11.6 Å². The third-order valence-corrected chi connectivity index (χ3v) is 6.12. The van der Waals surface area contributed by atoms with E-state index in [1.165, 1.54) is 30.5 Å². The van der Waals surface area contributed by atoms with Gasteiger partial charge in [-0.25, -0.2) is 18.0 Å². The fraction of sp³-hybridized carbons (Fsp3) is 0.333. The van der Waals surface area contributed by atoms with Crippen molar-refractivity contribution in [2.75, 3.05) is 18.2 Å². The lowest BCUT2D eigenvalue weighted by Crippen LogP contribution is -2.14. The van der Waals surface area contributed by atoms with Crippen LogP contribution in [0.3, 0.4) is 0 Å². The Morgan fingerprint density at radius 1 is 1.15 bits per heavy atom. The Labute approximate surface area is 197 Å². The highest BCUT2D eigenvalue weighted by atomic mass is 32.2. The lowest BCUT2D eigenvalue weighted by molar-refractivity contribution is 0.194. The predicted octanol–water partition coefficient (Wildman–Crippen LogP) is 5.67. The number of pyridine rings is 2. The maximum atomic E-state index is 14.8. The molecule has 0 saturated carbocycles. The largest absolute Gasteiger partial charge is 0.493 e. The Morgan fingerprint density at radius 3 is 2.76 bits per heavy atom. The van der Waals surface area contributed by atoms with E-state index in [0.717, 1.165) is 19.0 Å². The molecular weight excluding hydrogens is 462 g/mol. The minimum atomic E-state index is -2.80. The molecule has 180 valence electrons. The molecule has 2 aromatic heterocycles. The summed E-state index contributed by atoms with van der Waals surface area (Å²) in [7, 11) is -2.80. The van der Waals surface area contributed by atoms with E-state index in [1.54, 1.807) is 12.1 Å². The molecule has 0 saturated heterocycles. The number of aromatic nitrogens is 2. The quantitative estimate of drug-likeness (QED) is 0.482. The lowest BCUT2D eigenvalue weighted by atomic mass is 10.0. The maximum Gasteiger partial charge on any atom is 0.215 e. The van der Waals surface area contributed by atoms with Crippen molar-refractivity contribution in [3.05, 3.63) is 59.8 Å². The van der Waals surface area contributed by atoms with Crippen molar-refractivity contribution < 1.29 is 22.5 Å². The van der Waals surface area contributed by atoms with Crippen molar-refractivity contribution in [2.24, 2.45) is 0 Å². The second-order valence-electron chi connectivity index (χ2n) is 8.44. The van der Waals surface area contributed by atoms with Gasteiger partial charge < -0.3 is 14.8 Å². The average Bonchev–Trinajstić information content (AvgIpc) is 2.73. The molecule has 0 unspecified atom stereocenters. The van der Waals surface area contributed by atoms with E-state index in [2.05, 4.69) is 15.3 Å². The average molecular weight is 489 g/mol. The first kappa shape index (κ1) is 23.9. The van der Waals surface area contributed by atoms with Gasteiger partial charge in [-0.15, -0.1) is 0 Å². The molecule has 34 heavy (non-hydrogen) atoms. The van der Waals surface area contributed by atoms with Crippen molar-refractivity contribution in [1.29, 1.82) is 4.78 Å². The number of hydrogen-bond acceptors (Lipinski definition) is 7. The van der Waals surface area contributed by atoms with Crippen LogP contribution in [-0.2, 0) is 15.5 Å². The summed E-state index contributed by atoms with van der Waals surface area (Å²) in [6.07, 6.45) is 4.51. The normalized spacial score (nSPS) is 17.9. The SMILES string of the molecule is C[C@@H]1CCCCOc2cc(F)ccc2-c2cc(ncc2F)Nc2cc(C[S@@](C)(=N)=O)cc(n2)O1. The Bertz CT molecular complexity index is 1300. The maximum absolute atomic E-state index is 14.8. The standard InChI is InChI=1S/C24H26F2N4O3S/c1-15-5-3-4-8-32-21-11-17(25)6-7-18(21)19-12-22(28-13-20(19)26)29-23-9-16(14-34(2,27)31)10-24(30-23)33-15/h6-7,9-13,15,27H,3-5,8,14H2,1-2H3,(H,28,29,30)/t15-,34+/m1/s1. The molecule has 0 fully saturated rings. The molecule has 1 aliphatic rings. The van der Waals surface area contributed by atoms with E-state index >= 15 is 0 Å². The van der Waals surface area contributed by atoms with Crippen LogP contribution in [0.15, 0.2) is 42.6 Å². The first-order valence-corrected chi connectivity index (χ1v) is 13.0. The molecule has 3 heterocycles. The van der Waals surface area contributed by atoms with Gasteiger partial charge in [0.1, 0.15) is 29.0 Å². The highest BCUT2D eigenvalue weighted by molar-refractivity contribution is 7.90. The zero-order valence-corrected chi connectivity index (χ0v) is 19.8. The number of halogens is 2. The van der Waals surface area contributed by atoms with E-state index in [9.17, 15) is 13.0 Å². The van der Waals surface area contributed by atoms with Crippen molar-refractivity contribution in [2.45, 2.75) is 38.0 Å². The Balaban J connectivity index is 1.79. The number of nitrogens with zero attached hydrogens (tertiary/aromatic N) is 2. The topological polar surface area (TPSA) is 97.2 Å². The van der Waals surface area contributed by atoms with Crippen LogP contribution in [0.4, 0.5) is 20.4 Å². The number of nitrogens with one attached hydrogen (secondary N) is 2. The molecule has 7 nitrogen and oxygen atoms in total. The first-order valence-electron chi connectivity index (χ1n) is 10.9. The molecule has 10 heteroatoms. The number of ether oxygens (including phenoxy) is 2. The van der Waals surface area contributed by atoms with Crippen LogP contribution in [-0.4, -0.2) is 33.1 Å². The fourth-order valence-electron chi connectivity index (χ4n) is 3.75. The molecule has 0 aliphatic carbocycles. The summed E-state index contributed by atoms with van der Waals surface area (Å²) < 4.78 is 60.4. The smallest absolute Gasteiger partial charge is 0.215 e. The van der Waals surface area contributed by atoms with Gasteiger partial charge in [0, 0.05) is 39.2 Å². The number of benzene rings is 1. The van der Waals surface area contributed by atoms with Crippen molar-refractivity contribution in [1.82, 2.24) is 9.97 Å². The molecule has 0 radical (unpaired) electrons. The zero-order valence-electron chi connectivity index (χ0n) is 18.9. The number of anilines is 2. The van der Waals surface area contributed by atoms with E-state index in [0.29, 0.717) is 41.7 Å².